The maximum Gasteiger partial charge on any atom is 0.303 e. The Labute approximate surface area is 112 Å². The molecule has 1 aromatic rings. The number of carboxylic acid groups (broad SMARTS) is 1. The molecule has 0 aliphatic carbocycles. The first kappa shape index (κ1) is 14.8. The molecule has 19 heavy (non-hydrogen) atoms. The molecular weight excluding hydrogens is 274 g/mol. The maximum atomic E-state index is 10.7. The Morgan fingerprint density at radius 2 is 2.47 bits per heavy atom. The molecule has 0 spiro atoms. The summed E-state index contributed by atoms with van der Waals surface area (Å²) in [7, 11) is 0. The number of oxime groups is 1. The van der Waals surface area contributed by atoms with Crippen LogP contribution in [0.5, 0.6) is 0 Å². The van der Waals surface area contributed by atoms with Gasteiger partial charge in [0.05, 0.1) is 0 Å². The third-order valence-electron chi connectivity index (χ3n) is 1.81. The van der Waals surface area contributed by atoms with Gasteiger partial charge >= 0.3 is 5.97 Å². The second kappa shape index (κ2) is 7.93. The fourth-order valence-corrected chi connectivity index (χ4v) is 1.67. The third kappa shape index (κ3) is 5.25. The highest BCUT2D eigenvalue weighted by molar-refractivity contribution is 7.14. The van der Waals surface area contributed by atoms with Gasteiger partial charge in [-0.1, -0.05) is 5.16 Å². The molecule has 101 valence electrons. The van der Waals surface area contributed by atoms with Crippen molar-refractivity contribution in [3.63, 3.8) is 0 Å². The van der Waals surface area contributed by atoms with E-state index >= 15 is 0 Å². The first-order valence-corrected chi connectivity index (χ1v) is 6.01. The van der Waals surface area contributed by atoms with E-state index in [-0.39, 0.29) is 30.9 Å². The second-order valence-corrected chi connectivity index (χ2v) is 4.03. The van der Waals surface area contributed by atoms with E-state index in [1.54, 1.807) is 6.29 Å². The zero-order chi connectivity index (χ0) is 14.1. The van der Waals surface area contributed by atoms with Crippen LogP contribution in [-0.4, -0.2) is 41.1 Å². The summed E-state index contributed by atoms with van der Waals surface area (Å²) in [5.74, 6) is -0.932. The van der Waals surface area contributed by atoms with Gasteiger partial charge < -0.3 is 15.3 Å². The van der Waals surface area contributed by atoms with Crippen LogP contribution in [0.25, 0.3) is 0 Å². The Kier molecular flexibility index (Phi) is 6.16. The van der Waals surface area contributed by atoms with Gasteiger partial charge in [-0.05, 0) is 6.42 Å². The lowest BCUT2D eigenvalue weighted by Gasteiger charge is -1.97. The smallest absolute Gasteiger partial charge is 0.303 e. The quantitative estimate of drug-likeness (QED) is 0.293. The van der Waals surface area contributed by atoms with Crippen LogP contribution in [0.1, 0.15) is 18.5 Å². The molecule has 0 bridgehead atoms. The lowest BCUT2D eigenvalue weighted by atomic mass is 10.3. The molecule has 1 amide bonds. The normalized spacial score (nSPS) is 10.8. The molecule has 8 nitrogen and oxygen atoms in total. The van der Waals surface area contributed by atoms with E-state index in [0.717, 1.165) is 11.3 Å². The molecule has 1 aromatic heterocycles. The number of thiazole rings is 1. The Morgan fingerprint density at radius 3 is 3.11 bits per heavy atom. The zero-order valence-corrected chi connectivity index (χ0v) is 10.5. The molecule has 0 aliphatic heterocycles. The summed E-state index contributed by atoms with van der Waals surface area (Å²) in [6, 6.07) is 0. The molecule has 2 N–H and O–H groups in total. The highest BCUT2D eigenvalue weighted by Gasteiger charge is 2.09. The standard InChI is InChI=1S/C10H10N3O5S/c14-4-7(13-18-3-1-2-9(16)17)8-5-19-10(12-8)11-6-15/h5-6H,1-3H2,(H,16,17)(H,11,12,15). The lowest BCUT2D eigenvalue weighted by molar-refractivity contribution is -0.137. The topological polar surface area (TPSA) is 118 Å². The predicted molar refractivity (Wildman–Crippen MR) is 66.9 cm³/mol. The molecule has 0 unspecified atom stereocenters. The van der Waals surface area contributed by atoms with Crippen LogP contribution in [0, 0.1) is 0 Å². The summed E-state index contributed by atoms with van der Waals surface area (Å²) in [6.07, 6.45) is 2.26. The number of anilines is 1. The van der Waals surface area contributed by atoms with Gasteiger partial charge in [-0.2, -0.15) is 0 Å². The van der Waals surface area contributed by atoms with Crippen molar-refractivity contribution in [2.75, 3.05) is 11.9 Å². The minimum absolute atomic E-state index is 0.0419. The van der Waals surface area contributed by atoms with Crippen LogP contribution < -0.4 is 5.32 Å². The summed E-state index contributed by atoms with van der Waals surface area (Å²) >= 11 is 1.12. The summed E-state index contributed by atoms with van der Waals surface area (Å²) in [5, 5.41) is 16.1. The molecule has 0 fully saturated rings. The molecule has 0 aromatic carbocycles. The van der Waals surface area contributed by atoms with Crippen LogP contribution in [0.3, 0.4) is 0 Å². The number of hydrogen-bond acceptors (Lipinski definition) is 7. The number of nitrogens with zero attached hydrogens (tertiary/aromatic N) is 2. The molecule has 0 atom stereocenters. The number of rotatable bonds is 9. The largest absolute Gasteiger partial charge is 0.481 e. The van der Waals surface area contributed by atoms with Gasteiger partial charge in [0, 0.05) is 11.8 Å². The number of aromatic nitrogens is 1. The molecule has 0 aliphatic rings. The van der Waals surface area contributed by atoms with Gasteiger partial charge in [-0.25, -0.2) is 4.98 Å². The highest BCUT2D eigenvalue weighted by atomic mass is 32.1. The number of amides is 1. The third-order valence-corrected chi connectivity index (χ3v) is 2.58. The van der Waals surface area contributed by atoms with E-state index in [1.165, 1.54) is 5.38 Å². The highest BCUT2D eigenvalue weighted by Crippen LogP contribution is 2.14. The number of carbonyl (C=O) groups excluding carboxylic acids is 2. The van der Waals surface area contributed by atoms with Gasteiger partial charge in [0.1, 0.15) is 12.3 Å². The van der Waals surface area contributed by atoms with Crippen molar-refractivity contribution < 1.29 is 24.3 Å². The minimum Gasteiger partial charge on any atom is -0.481 e. The predicted octanol–water partition coefficient (Wildman–Crippen LogP) is 0.407. The minimum atomic E-state index is -0.932. The van der Waals surface area contributed by atoms with Crippen LogP contribution in [0.4, 0.5) is 5.13 Å². The monoisotopic (exact) mass is 284 g/mol. The Balaban J connectivity index is 2.53. The van der Waals surface area contributed by atoms with E-state index in [2.05, 4.69) is 15.5 Å². The maximum absolute atomic E-state index is 10.7. The summed E-state index contributed by atoms with van der Waals surface area (Å²) < 4.78 is 0. The Morgan fingerprint density at radius 1 is 1.68 bits per heavy atom. The summed E-state index contributed by atoms with van der Waals surface area (Å²) in [5.41, 5.74) is 0.0770. The van der Waals surface area contributed by atoms with Gasteiger partial charge in [0.25, 0.3) is 6.29 Å². The van der Waals surface area contributed by atoms with Crippen molar-refractivity contribution in [1.82, 2.24) is 4.98 Å². The summed E-state index contributed by atoms with van der Waals surface area (Å²) in [6.45, 7) is 0.0705. The van der Waals surface area contributed by atoms with Crippen LogP contribution in [0.15, 0.2) is 10.5 Å². The van der Waals surface area contributed by atoms with Crippen LogP contribution >= 0.6 is 11.3 Å². The first-order valence-electron chi connectivity index (χ1n) is 5.13. The fourth-order valence-electron chi connectivity index (χ4n) is 1.02. The summed E-state index contributed by atoms with van der Waals surface area (Å²) in [4.78, 5) is 39.8. The van der Waals surface area contributed by atoms with Crippen LogP contribution in [-0.2, 0) is 19.2 Å². The first-order chi connectivity index (χ1) is 9.17. The van der Waals surface area contributed by atoms with E-state index < -0.39 is 5.97 Å². The lowest BCUT2D eigenvalue weighted by Crippen LogP contribution is -2.05. The number of carbonyl (C=O) groups is 2. The Bertz CT molecular complexity index is 485. The number of carboxylic acids is 1. The molecule has 0 saturated heterocycles. The van der Waals surface area contributed by atoms with E-state index in [0.29, 0.717) is 11.5 Å². The van der Waals surface area contributed by atoms with Gasteiger partial charge in [0.15, 0.2) is 10.8 Å². The average molecular weight is 284 g/mol. The fraction of sp³-hybridized carbons (Fsp3) is 0.300. The van der Waals surface area contributed by atoms with Gasteiger partial charge in [-0.3, -0.25) is 14.4 Å². The molecule has 1 rings (SSSR count). The van der Waals surface area contributed by atoms with E-state index in [9.17, 15) is 14.4 Å². The molecule has 0 saturated carbocycles. The van der Waals surface area contributed by atoms with Gasteiger partial charge in [-0.15, -0.1) is 11.3 Å². The average Bonchev–Trinajstić information content (AvgIpc) is 2.82. The molecule has 9 heteroatoms. The Hall–Kier alpha value is -2.29. The molecule has 1 heterocycles. The van der Waals surface area contributed by atoms with Crippen molar-refractivity contribution in [1.29, 1.82) is 0 Å². The van der Waals surface area contributed by atoms with Crippen molar-refractivity contribution in [3.05, 3.63) is 11.1 Å². The van der Waals surface area contributed by atoms with E-state index in [4.69, 9.17) is 9.94 Å². The van der Waals surface area contributed by atoms with E-state index in [1.807, 2.05) is 0 Å². The number of nitrogens with one attached hydrogen (secondary N) is 1. The molecule has 1 radical (unpaired) electrons. The SMILES string of the molecule is O=[C]C(=NOCCCC(=O)O)c1csc(NC=O)n1. The van der Waals surface area contributed by atoms with Crippen molar-refractivity contribution in [2.45, 2.75) is 12.8 Å². The number of hydrogen-bond donors (Lipinski definition) is 2. The number of aliphatic carboxylic acids is 1. The zero-order valence-electron chi connectivity index (χ0n) is 9.66. The van der Waals surface area contributed by atoms with Crippen molar-refractivity contribution in [3.8, 4) is 0 Å². The van der Waals surface area contributed by atoms with Crippen LogP contribution in [0.2, 0.25) is 0 Å². The molecular formula is C10H10N3O5S. The van der Waals surface area contributed by atoms with Crippen molar-refractivity contribution >= 4 is 40.8 Å². The van der Waals surface area contributed by atoms with Crippen molar-refractivity contribution in [2.24, 2.45) is 5.16 Å². The second-order valence-electron chi connectivity index (χ2n) is 3.17. The van der Waals surface area contributed by atoms with Gasteiger partial charge in [0.2, 0.25) is 6.41 Å².